The maximum absolute atomic E-state index is 5.82. The van der Waals surface area contributed by atoms with Crippen LogP contribution in [0.25, 0.3) is 16.9 Å². The highest BCUT2D eigenvalue weighted by Crippen LogP contribution is 2.29. The van der Waals surface area contributed by atoms with Gasteiger partial charge in [0.05, 0.1) is 11.4 Å². The molecule has 3 nitrogen and oxygen atoms in total. The average molecular weight is 372 g/mol. The van der Waals surface area contributed by atoms with Crippen LogP contribution in [0.5, 0.6) is 0 Å². The molecule has 0 bridgehead atoms. The number of rotatable bonds is 3. The number of pyridine rings is 1. The molecule has 0 atom stereocenters. The molecule has 1 aromatic carbocycles. The van der Waals surface area contributed by atoms with Crippen molar-refractivity contribution in [2.75, 3.05) is 6.54 Å². The molecular formula is C19H22BrN3. The van der Waals surface area contributed by atoms with Crippen LogP contribution in [0.4, 0.5) is 0 Å². The van der Waals surface area contributed by atoms with Gasteiger partial charge < -0.3 is 10.1 Å². The number of imidazole rings is 1. The number of halogens is 1. The number of hydrogen-bond acceptors (Lipinski definition) is 2. The molecular weight excluding hydrogens is 350 g/mol. The lowest BCUT2D eigenvalue weighted by atomic mass is 9.86. The highest BCUT2D eigenvalue weighted by atomic mass is 79.9. The molecule has 3 rings (SSSR count). The van der Waals surface area contributed by atoms with Crippen LogP contribution in [0, 0.1) is 0 Å². The topological polar surface area (TPSA) is 43.3 Å². The van der Waals surface area contributed by atoms with E-state index in [0.717, 1.165) is 33.5 Å². The maximum Gasteiger partial charge on any atom is 0.137 e. The molecule has 0 radical (unpaired) electrons. The molecule has 0 saturated carbocycles. The molecule has 0 fully saturated rings. The molecule has 0 spiro atoms. The van der Waals surface area contributed by atoms with Gasteiger partial charge in [0.1, 0.15) is 5.65 Å². The third-order valence-corrected chi connectivity index (χ3v) is 4.56. The summed E-state index contributed by atoms with van der Waals surface area (Å²) in [5.41, 5.74) is 11.6. The van der Waals surface area contributed by atoms with E-state index in [-0.39, 0.29) is 5.41 Å². The van der Waals surface area contributed by atoms with Gasteiger partial charge in [0, 0.05) is 22.7 Å². The molecule has 2 heterocycles. The van der Waals surface area contributed by atoms with E-state index in [9.17, 15) is 0 Å². The smallest absolute Gasteiger partial charge is 0.137 e. The molecule has 120 valence electrons. The zero-order valence-corrected chi connectivity index (χ0v) is 15.4. The lowest BCUT2D eigenvalue weighted by Crippen LogP contribution is -2.10. The van der Waals surface area contributed by atoms with E-state index in [0.29, 0.717) is 6.54 Å². The second-order valence-corrected chi connectivity index (χ2v) is 7.76. The van der Waals surface area contributed by atoms with Gasteiger partial charge >= 0.3 is 0 Å². The van der Waals surface area contributed by atoms with E-state index in [4.69, 9.17) is 10.7 Å². The molecule has 23 heavy (non-hydrogen) atoms. The zero-order valence-electron chi connectivity index (χ0n) is 13.8. The molecule has 4 heteroatoms. The van der Waals surface area contributed by atoms with E-state index in [1.807, 2.05) is 12.1 Å². The van der Waals surface area contributed by atoms with Crippen LogP contribution in [0.15, 0.2) is 47.1 Å². The van der Waals surface area contributed by atoms with Crippen molar-refractivity contribution in [2.24, 2.45) is 5.73 Å². The molecule has 0 aliphatic rings. The third kappa shape index (κ3) is 3.19. The van der Waals surface area contributed by atoms with Crippen molar-refractivity contribution >= 4 is 21.6 Å². The van der Waals surface area contributed by atoms with Gasteiger partial charge in [0.25, 0.3) is 0 Å². The summed E-state index contributed by atoms with van der Waals surface area (Å²) in [5.74, 6) is 0. The van der Waals surface area contributed by atoms with Crippen LogP contribution in [-0.4, -0.2) is 15.9 Å². The lowest BCUT2D eigenvalue weighted by Gasteiger charge is -2.19. The summed E-state index contributed by atoms with van der Waals surface area (Å²) < 4.78 is 3.17. The first-order valence-electron chi connectivity index (χ1n) is 7.87. The lowest BCUT2D eigenvalue weighted by molar-refractivity contribution is 0.590. The summed E-state index contributed by atoms with van der Waals surface area (Å²) >= 11 is 3.53. The van der Waals surface area contributed by atoms with Crippen LogP contribution < -0.4 is 5.73 Å². The summed E-state index contributed by atoms with van der Waals surface area (Å²) in [6.45, 7) is 7.28. The molecule has 2 aromatic heterocycles. The first-order chi connectivity index (χ1) is 10.9. The average Bonchev–Trinajstić information content (AvgIpc) is 2.85. The fourth-order valence-corrected chi connectivity index (χ4v) is 3.14. The fraction of sp³-hybridized carbons (Fsp3) is 0.316. The Hall–Kier alpha value is -1.65. The zero-order chi connectivity index (χ0) is 16.6. The molecule has 0 aliphatic heterocycles. The van der Waals surface area contributed by atoms with Crippen LogP contribution in [0.3, 0.4) is 0 Å². The first kappa shape index (κ1) is 16.2. The maximum atomic E-state index is 5.82. The van der Waals surface area contributed by atoms with Crippen LogP contribution in [0.2, 0.25) is 0 Å². The Kier molecular flexibility index (Phi) is 4.30. The number of nitrogens with zero attached hydrogens (tertiary/aromatic N) is 2. The van der Waals surface area contributed by atoms with Crippen molar-refractivity contribution in [1.29, 1.82) is 0 Å². The van der Waals surface area contributed by atoms with Crippen molar-refractivity contribution in [2.45, 2.75) is 32.6 Å². The second-order valence-electron chi connectivity index (χ2n) is 6.85. The van der Waals surface area contributed by atoms with Crippen molar-refractivity contribution in [3.63, 3.8) is 0 Å². The van der Waals surface area contributed by atoms with Gasteiger partial charge in [-0.05, 0) is 45.6 Å². The Labute approximate surface area is 145 Å². The number of fused-ring (bicyclic) bond motifs is 1. The van der Waals surface area contributed by atoms with Gasteiger partial charge in [-0.15, -0.1) is 0 Å². The van der Waals surface area contributed by atoms with Crippen LogP contribution in [0.1, 0.15) is 32.0 Å². The summed E-state index contributed by atoms with van der Waals surface area (Å²) in [7, 11) is 0. The monoisotopic (exact) mass is 371 g/mol. The largest absolute Gasteiger partial charge is 0.330 e. The van der Waals surface area contributed by atoms with Gasteiger partial charge in [-0.2, -0.15) is 0 Å². The van der Waals surface area contributed by atoms with E-state index in [1.54, 1.807) is 0 Å². The summed E-state index contributed by atoms with van der Waals surface area (Å²) in [6.07, 6.45) is 2.86. The van der Waals surface area contributed by atoms with Crippen LogP contribution in [-0.2, 0) is 11.8 Å². The first-order valence-corrected chi connectivity index (χ1v) is 8.67. The molecule has 0 aliphatic carbocycles. The standard InChI is InChI=1S/C19H22BrN3/c1-19(2,3)14-6-4-13(5-7-14)18-16(10-11-21)23-12-15(20)8-9-17(23)22-18/h4-9,12H,10-11,21H2,1-3H3. The van der Waals surface area contributed by atoms with Gasteiger partial charge in [0.15, 0.2) is 0 Å². The Morgan fingerprint density at radius 2 is 1.78 bits per heavy atom. The van der Waals surface area contributed by atoms with Crippen molar-refractivity contribution < 1.29 is 0 Å². The van der Waals surface area contributed by atoms with Crippen molar-refractivity contribution in [3.8, 4) is 11.3 Å². The molecule has 2 N–H and O–H groups in total. The predicted octanol–water partition coefficient (Wildman–Crippen LogP) is 4.56. The minimum Gasteiger partial charge on any atom is -0.330 e. The highest BCUT2D eigenvalue weighted by molar-refractivity contribution is 9.10. The predicted molar refractivity (Wildman–Crippen MR) is 99.8 cm³/mol. The Bertz CT molecular complexity index is 826. The quantitative estimate of drug-likeness (QED) is 0.732. The number of benzene rings is 1. The summed E-state index contributed by atoms with van der Waals surface area (Å²) in [6, 6.07) is 12.8. The van der Waals surface area contributed by atoms with Gasteiger partial charge in [-0.3, -0.25) is 0 Å². The Morgan fingerprint density at radius 1 is 1.09 bits per heavy atom. The SMILES string of the molecule is CC(C)(C)c1ccc(-c2nc3ccc(Br)cn3c2CCN)cc1. The second kappa shape index (κ2) is 6.10. The van der Waals surface area contributed by atoms with E-state index in [1.165, 1.54) is 5.56 Å². The third-order valence-electron chi connectivity index (χ3n) is 4.09. The van der Waals surface area contributed by atoms with Gasteiger partial charge in [0.2, 0.25) is 0 Å². The fourth-order valence-electron chi connectivity index (χ4n) is 2.80. The summed E-state index contributed by atoms with van der Waals surface area (Å²) in [5, 5.41) is 0. The minimum absolute atomic E-state index is 0.155. The van der Waals surface area contributed by atoms with Gasteiger partial charge in [-0.25, -0.2) is 4.98 Å². The molecule has 0 unspecified atom stereocenters. The normalized spacial score (nSPS) is 12.0. The molecule has 0 saturated heterocycles. The summed E-state index contributed by atoms with van der Waals surface area (Å²) in [4.78, 5) is 4.82. The Morgan fingerprint density at radius 3 is 2.39 bits per heavy atom. The highest BCUT2D eigenvalue weighted by Gasteiger charge is 2.16. The van der Waals surface area contributed by atoms with Crippen molar-refractivity contribution in [1.82, 2.24) is 9.38 Å². The van der Waals surface area contributed by atoms with E-state index in [2.05, 4.69) is 71.6 Å². The number of nitrogens with two attached hydrogens (primary N) is 1. The van der Waals surface area contributed by atoms with E-state index < -0.39 is 0 Å². The van der Waals surface area contributed by atoms with E-state index >= 15 is 0 Å². The number of hydrogen-bond donors (Lipinski definition) is 1. The van der Waals surface area contributed by atoms with Crippen molar-refractivity contribution in [3.05, 3.63) is 58.3 Å². The molecule has 3 aromatic rings. The number of aromatic nitrogens is 2. The molecule has 0 amide bonds. The Balaban J connectivity index is 2.13. The minimum atomic E-state index is 0.155. The van der Waals surface area contributed by atoms with Gasteiger partial charge in [-0.1, -0.05) is 45.0 Å². The van der Waals surface area contributed by atoms with Crippen LogP contribution >= 0.6 is 15.9 Å².